The second kappa shape index (κ2) is 8.05. The molecule has 2 nitrogen and oxygen atoms in total. The molecule has 0 N–H and O–H groups in total. The summed E-state index contributed by atoms with van der Waals surface area (Å²) in [6.45, 7) is 2.24. The van der Waals surface area contributed by atoms with Crippen LogP contribution in [0.3, 0.4) is 0 Å². The fourth-order valence-corrected chi connectivity index (χ4v) is 2.14. The average molecular weight is 280 g/mol. The Morgan fingerprint density at radius 2 is 1.67 bits per heavy atom. The molecule has 1 unspecified atom stereocenters. The number of ether oxygens (including phenoxy) is 1. The minimum absolute atomic E-state index is 0.173. The maximum atomic E-state index is 12.1. The van der Waals surface area contributed by atoms with Crippen LogP contribution in [0.5, 0.6) is 0 Å². The van der Waals surface area contributed by atoms with Gasteiger partial charge in [-0.1, -0.05) is 72.8 Å². The van der Waals surface area contributed by atoms with Crippen molar-refractivity contribution in [3.63, 3.8) is 0 Å². The third-order valence-corrected chi connectivity index (χ3v) is 3.21. The van der Waals surface area contributed by atoms with Gasteiger partial charge in [-0.25, -0.2) is 0 Å². The molecule has 0 saturated carbocycles. The Hall–Kier alpha value is -2.35. The molecule has 0 radical (unpaired) electrons. The van der Waals surface area contributed by atoms with E-state index in [2.05, 4.69) is 0 Å². The van der Waals surface area contributed by atoms with Crippen LogP contribution in [-0.2, 0) is 16.0 Å². The van der Waals surface area contributed by atoms with Gasteiger partial charge in [-0.15, -0.1) is 0 Å². The first-order valence-corrected chi connectivity index (χ1v) is 7.23. The van der Waals surface area contributed by atoms with E-state index in [4.69, 9.17) is 4.74 Å². The predicted molar refractivity (Wildman–Crippen MR) is 85.7 cm³/mol. The minimum atomic E-state index is -0.257. The molecule has 0 aliphatic rings. The van der Waals surface area contributed by atoms with Crippen molar-refractivity contribution < 1.29 is 9.53 Å². The Morgan fingerprint density at radius 1 is 1.05 bits per heavy atom. The van der Waals surface area contributed by atoms with Crippen LogP contribution >= 0.6 is 0 Å². The maximum absolute atomic E-state index is 12.1. The smallest absolute Gasteiger partial charge is 0.313 e. The average Bonchev–Trinajstić information content (AvgIpc) is 2.53. The maximum Gasteiger partial charge on any atom is 0.313 e. The molecule has 0 amide bonds. The van der Waals surface area contributed by atoms with E-state index in [1.54, 1.807) is 0 Å². The zero-order valence-electron chi connectivity index (χ0n) is 12.2. The predicted octanol–water partition coefficient (Wildman–Crippen LogP) is 4.12. The van der Waals surface area contributed by atoms with E-state index < -0.39 is 0 Å². The Bertz CT molecular complexity index is 573. The lowest BCUT2D eigenvalue weighted by molar-refractivity contribution is -0.146. The topological polar surface area (TPSA) is 26.3 Å². The number of carbonyl (C=O) groups is 1. The molecule has 0 fully saturated rings. The lowest BCUT2D eigenvalue weighted by Gasteiger charge is -2.12. The highest BCUT2D eigenvalue weighted by Crippen LogP contribution is 2.14. The highest BCUT2D eigenvalue weighted by molar-refractivity contribution is 5.76. The van der Waals surface area contributed by atoms with Crippen LogP contribution in [0.1, 0.15) is 18.1 Å². The van der Waals surface area contributed by atoms with Gasteiger partial charge in [0, 0.05) is 0 Å². The Kier molecular flexibility index (Phi) is 5.77. The van der Waals surface area contributed by atoms with Gasteiger partial charge in [-0.3, -0.25) is 4.79 Å². The minimum Gasteiger partial charge on any atom is -0.466 e. The largest absolute Gasteiger partial charge is 0.466 e. The summed E-state index contributed by atoms with van der Waals surface area (Å²) < 4.78 is 5.17. The molecule has 21 heavy (non-hydrogen) atoms. The summed E-state index contributed by atoms with van der Waals surface area (Å²) in [5, 5.41) is 0. The summed E-state index contributed by atoms with van der Waals surface area (Å²) in [7, 11) is 0. The molecule has 2 heteroatoms. The van der Waals surface area contributed by atoms with Gasteiger partial charge in [0.15, 0.2) is 0 Å². The van der Waals surface area contributed by atoms with Gasteiger partial charge >= 0.3 is 5.97 Å². The summed E-state index contributed by atoms with van der Waals surface area (Å²) in [5.74, 6) is -0.430. The fraction of sp³-hybridized carbons (Fsp3) is 0.211. The van der Waals surface area contributed by atoms with Crippen LogP contribution in [0.15, 0.2) is 66.7 Å². The zero-order chi connectivity index (χ0) is 14.9. The molecule has 0 heterocycles. The fourth-order valence-electron chi connectivity index (χ4n) is 2.14. The second-order valence-corrected chi connectivity index (χ2v) is 4.82. The number of hydrogen-bond donors (Lipinski definition) is 0. The standard InChI is InChI=1S/C19H20O2/c1-2-21-19(20)18(15-17-11-7-4-8-12-17)14-13-16-9-5-3-6-10-16/h3-14,18H,2,15H2,1H3/b14-13+. The van der Waals surface area contributed by atoms with Crippen molar-refractivity contribution in [3.05, 3.63) is 77.9 Å². The highest BCUT2D eigenvalue weighted by atomic mass is 16.5. The van der Waals surface area contributed by atoms with Crippen LogP contribution in [0.4, 0.5) is 0 Å². The SMILES string of the molecule is CCOC(=O)C(/C=C/c1ccccc1)Cc1ccccc1. The monoisotopic (exact) mass is 280 g/mol. The Labute approximate surface area is 126 Å². The molecule has 0 spiro atoms. The first-order chi connectivity index (χ1) is 10.3. The lowest BCUT2D eigenvalue weighted by atomic mass is 9.98. The van der Waals surface area contributed by atoms with Gasteiger partial charge < -0.3 is 4.74 Å². The molecule has 0 aliphatic carbocycles. The van der Waals surface area contributed by atoms with Crippen LogP contribution < -0.4 is 0 Å². The third kappa shape index (κ3) is 4.92. The summed E-state index contributed by atoms with van der Waals surface area (Å²) >= 11 is 0. The molecular formula is C19H20O2. The quantitative estimate of drug-likeness (QED) is 0.744. The van der Waals surface area contributed by atoms with E-state index in [0.29, 0.717) is 13.0 Å². The summed E-state index contributed by atoms with van der Waals surface area (Å²) in [6.07, 6.45) is 4.56. The highest BCUT2D eigenvalue weighted by Gasteiger charge is 2.17. The second-order valence-electron chi connectivity index (χ2n) is 4.82. The van der Waals surface area contributed by atoms with Crippen molar-refractivity contribution in [1.82, 2.24) is 0 Å². The molecule has 0 aliphatic heterocycles. The molecule has 2 rings (SSSR count). The van der Waals surface area contributed by atoms with Gasteiger partial charge in [-0.2, -0.15) is 0 Å². The van der Waals surface area contributed by atoms with E-state index in [9.17, 15) is 4.79 Å². The molecular weight excluding hydrogens is 260 g/mol. The molecule has 2 aromatic carbocycles. The van der Waals surface area contributed by atoms with E-state index in [-0.39, 0.29) is 11.9 Å². The third-order valence-electron chi connectivity index (χ3n) is 3.21. The van der Waals surface area contributed by atoms with E-state index in [1.165, 1.54) is 0 Å². The van der Waals surface area contributed by atoms with E-state index >= 15 is 0 Å². The van der Waals surface area contributed by atoms with Crippen LogP contribution in [0, 0.1) is 5.92 Å². The van der Waals surface area contributed by atoms with Crippen LogP contribution in [0.2, 0.25) is 0 Å². The first-order valence-electron chi connectivity index (χ1n) is 7.23. The van der Waals surface area contributed by atoms with Crippen molar-refractivity contribution >= 4 is 12.0 Å². The molecule has 0 aromatic heterocycles. The first kappa shape index (κ1) is 15.0. The van der Waals surface area contributed by atoms with Crippen LogP contribution in [-0.4, -0.2) is 12.6 Å². The number of esters is 1. The van der Waals surface area contributed by atoms with Crippen molar-refractivity contribution in [1.29, 1.82) is 0 Å². The van der Waals surface area contributed by atoms with Crippen molar-refractivity contribution in [2.24, 2.45) is 5.92 Å². The number of carbonyl (C=O) groups excluding carboxylic acids is 1. The van der Waals surface area contributed by atoms with Crippen molar-refractivity contribution in [2.75, 3.05) is 6.61 Å². The molecule has 108 valence electrons. The van der Waals surface area contributed by atoms with Crippen molar-refractivity contribution in [3.8, 4) is 0 Å². The Morgan fingerprint density at radius 3 is 2.29 bits per heavy atom. The van der Waals surface area contributed by atoms with Gasteiger partial charge in [0.05, 0.1) is 12.5 Å². The molecule has 2 aromatic rings. The van der Waals surface area contributed by atoms with Gasteiger partial charge in [0.2, 0.25) is 0 Å². The van der Waals surface area contributed by atoms with Gasteiger partial charge in [-0.05, 0) is 24.5 Å². The van der Waals surface area contributed by atoms with Gasteiger partial charge in [0.1, 0.15) is 0 Å². The van der Waals surface area contributed by atoms with E-state index in [0.717, 1.165) is 11.1 Å². The molecule has 0 bridgehead atoms. The number of hydrogen-bond acceptors (Lipinski definition) is 2. The summed E-state index contributed by atoms with van der Waals surface area (Å²) in [4.78, 5) is 12.1. The molecule has 0 saturated heterocycles. The molecule has 1 atom stereocenters. The van der Waals surface area contributed by atoms with Gasteiger partial charge in [0.25, 0.3) is 0 Å². The van der Waals surface area contributed by atoms with E-state index in [1.807, 2.05) is 79.7 Å². The normalized spacial score (nSPS) is 12.2. The lowest BCUT2D eigenvalue weighted by Crippen LogP contribution is -2.18. The Balaban J connectivity index is 2.12. The van der Waals surface area contributed by atoms with Crippen molar-refractivity contribution in [2.45, 2.75) is 13.3 Å². The zero-order valence-corrected chi connectivity index (χ0v) is 12.2. The number of benzene rings is 2. The summed E-state index contributed by atoms with van der Waals surface area (Å²) in [5.41, 5.74) is 2.22. The van der Waals surface area contributed by atoms with Crippen LogP contribution in [0.25, 0.3) is 6.08 Å². The number of rotatable bonds is 6. The summed E-state index contributed by atoms with van der Waals surface area (Å²) in [6, 6.07) is 20.0.